The van der Waals surface area contributed by atoms with Crippen LogP contribution in [0.1, 0.15) is 5.56 Å². The Labute approximate surface area is 144 Å². The van der Waals surface area contributed by atoms with Crippen molar-refractivity contribution in [2.24, 2.45) is 0 Å². The van der Waals surface area contributed by atoms with Crippen LogP contribution in [0.15, 0.2) is 24.5 Å². The second-order valence-corrected chi connectivity index (χ2v) is 5.41. The summed E-state index contributed by atoms with van der Waals surface area (Å²) in [5.41, 5.74) is 0.953. The van der Waals surface area contributed by atoms with Crippen LogP contribution in [-0.4, -0.2) is 34.0 Å². The molecule has 0 amide bonds. The van der Waals surface area contributed by atoms with Gasteiger partial charge in [-0.15, -0.1) is 0 Å². The van der Waals surface area contributed by atoms with E-state index in [-0.39, 0.29) is 22.3 Å². The highest BCUT2D eigenvalue weighted by molar-refractivity contribution is 6.33. The zero-order chi connectivity index (χ0) is 18.8. The van der Waals surface area contributed by atoms with Crippen LogP contribution < -0.4 is 10.7 Å². The minimum atomic E-state index is -4.59. The Kier molecular flexibility index (Phi) is 5.28. The summed E-state index contributed by atoms with van der Waals surface area (Å²) in [6.07, 6.45) is -3.56. The van der Waals surface area contributed by atoms with Gasteiger partial charge in [0.15, 0.2) is 0 Å². The fraction of sp³-hybridized carbons (Fsp3) is 0.231. The summed E-state index contributed by atoms with van der Waals surface area (Å²) in [5, 5.41) is 15.2. The molecule has 0 aliphatic heterocycles. The average molecular weight is 377 g/mol. The second kappa shape index (κ2) is 7.07. The van der Waals surface area contributed by atoms with Crippen LogP contribution in [0.25, 0.3) is 0 Å². The lowest BCUT2D eigenvalue weighted by atomic mass is 10.2. The first-order valence-corrected chi connectivity index (χ1v) is 7.04. The normalized spacial score (nSPS) is 11.5. The van der Waals surface area contributed by atoms with Gasteiger partial charge in [-0.3, -0.25) is 15.5 Å². The largest absolute Gasteiger partial charge is 0.416 e. The van der Waals surface area contributed by atoms with E-state index in [1.165, 1.54) is 5.01 Å². The third-order valence-electron chi connectivity index (χ3n) is 2.88. The molecule has 0 unspecified atom stereocenters. The lowest BCUT2D eigenvalue weighted by Gasteiger charge is -2.15. The molecule has 0 fully saturated rings. The molecule has 0 radical (unpaired) electrons. The molecule has 1 heterocycles. The highest BCUT2D eigenvalue weighted by Crippen LogP contribution is 2.37. The van der Waals surface area contributed by atoms with Gasteiger partial charge in [0.1, 0.15) is 6.33 Å². The van der Waals surface area contributed by atoms with Crippen molar-refractivity contribution in [2.75, 3.05) is 24.8 Å². The van der Waals surface area contributed by atoms with Gasteiger partial charge in [-0.1, -0.05) is 11.6 Å². The summed E-state index contributed by atoms with van der Waals surface area (Å²) in [7, 11) is 3.17. The number of hydrogen-bond acceptors (Lipinski definition) is 7. The molecule has 12 heteroatoms. The summed E-state index contributed by atoms with van der Waals surface area (Å²) < 4.78 is 38.5. The molecule has 0 aliphatic rings. The summed E-state index contributed by atoms with van der Waals surface area (Å²) in [6.45, 7) is 0. The Balaban J connectivity index is 2.49. The highest BCUT2D eigenvalue weighted by atomic mass is 35.5. The number of nitrogens with zero attached hydrogens (tertiary/aromatic N) is 4. The Morgan fingerprint density at radius 1 is 1.24 bits per heavy atom. The first kappa shape index (κ1) is 18.7. The number of benzene rings is 1. The standard InChI is InChI=1S/C13H12ClF3N6O2/c1-22(2)21-12-10(23(24)25)11(18-6-19-12)20-9-5-7(13(15,16)17)3-4-8(9)14/h3-6H,1-2H3,(H2,18,19,20,21). The first-order chi connectivity index (χ1) is 11.6. The highest BCUT2D eigenvalue weighted by Gasteiger charge is 2.31. The van der Waals surface area contributed by atoms with Crippen LogP contribution in [0.4, 0.5) is 36.2 Å². The molecule has 2 aromatic rings. The van der Waals surface area contributed by atoms with Crippen molar-refractivity contribution in [1.29, 1.82) is 0 Å². The number of rotatable bonds is 5. The molecule has 1 aromatic heterocycles. The van der Waals surface area contributed by atoms with Crippen molar-refractivity contribution < 1.29 is 18.1 Å². The topological polar surface area (TPSA) is 96.2 Å². The van der Waals surface area contributed by atoms with E-state index in [2.05, 4.69) is 20.7 Å². The Bertz CT molecular complexity index is 800. The van der Waals surface area contributed by atoms with Crippen molar-refractivity contribution in [2.45, 2.75) is 6.18 Å². The summed E-state index contributed by atoms with van der Waals surface area (Å²) in [5.74, 6) is -0.429. The molecule has 0 atom stereocenters. The number of nitro groups is 1. The number of hydrazine groups is 1. The van der Waals surface area contributed by atoms with Crippen molar-refractivity contribution in [3.63, 3.8) is 0 Å². The lowest BCUT2D eigenvalue weighted by molar-refractivity contribution is -0.383. The van der Waals surface area contributed by atoms with Crippen molar-refractivity contribution in [3.8, 4) is 0 Å². The van der Waals surface area contributed by atoms with Crippen LogP contribution in [0.2, 0.25) is 5.02 Å². The molecule has 0 saturated heterocycles. The predicted molar refractivity (Wildman–Crippen MR) is 85.7 cm³/mol. The van der Waals surface area contributed by atoms with E-state index >= 15 is 0 Å². The Hall–Kier alpha value is -2.66. The molecule has 0 saturated carbocycles. The summed E-state index contributed by atoms with van der Waals surface area (Å²) in [4.78, 5) is 18.1. The van der Waals surface area contributed by atoms with E-state index in [0.717, 1.165) is 24.5 Å². The molecule has 0 bridgehead atoms. The SMILES string of the molecule is CN(C)Nc1ncnc(Nc2cc(C(F)(F)F)ccc2Cl)c1[N+](=O)[O-]. The Morgan fingerprint density at radius 3 is 2.44 bits per heavy atom. The van der Waals surface area contributed by atoms with Crippen molar-refractivity contribution >= 4 is 34.6 Å². The minimum absolute atomic E-state index is 0.0528. The number of anilines is 3. The minimum Gasteiger partial charge on any atom is -0.333 e. The molecule has 0 aliphatic carbocycles. The fourth-order valence-corrected chi connectivity index (χ4v) is 2.03. The fourth-order valence-electron chi connectivity index (χ4n) is 1.86. The first-order valence-electron chi connectivity index (χ1n) is 6.66. The zero-order valence-electron chi connectivity index (χ0n) is 12.9. The molecule has 1 aromatic carbocycles. The summed E-state index contributed by atoms with van der Waals surface area (Å²) in [6, 6.07) is 2.59. The molecule has 0 spiro atoms. The smallest absolute Gasteiger partial charge is 0.333 e. The van der Waals surface area contributed by atoms with Gasteiger partial charge in [0.2, 0.25) is 11.6 Å². The van der Waals surface area contributed by atoms with Gasteiger partial charge in [-0.2, -0.15) is 13.2 Å². The molecule has 2 rings (SSSR count). The predicted octanol–water partition coefficient (Wildman–Crippen LogP) is 3.69. The lowest BCUT2D eigenvalue weighted by Crippen LogP contribution is -2.21. The van der Waals surface area contributed by atoms with Gasteiger partial charge in [0, 0.05) is 14.1 Å². The van der Waals surface area contributed by atoms with Crippen LogP contribution in [0.5, 0.6) is 0 Å². The van der Waals surface area contributed by atoms with E-state index in [1.54, 1.807) is 14.1 Å². The maximum Gasteiger partial charge on any atom is 0.416 e. The number of halogens is 4. The molecule has 8 nitrogen and oxygen atoms in total. The van der Waals surface area contributed by atoms with E-state index < -0.39 is 22.4 Å². The van der Waals surface area contributed by atoms with E-state index in [4.69, 9.17) is 11.6 Å². The van der Waals surface area contributed by atoms with Gasteiger partial charge in [0.05, 0.1) is 21.2 Å². The average Bonchev–Trinajstić information content (AvgIpc) is 2.47. The van der Waals surface area contributed by atoms with Gasteiger partial charge in [-0.05, 0) is 18.2 Å². The molecular weight excluding hydrogens is 365 g/mol. The van der Waals surface area contributed by atoms with E-state index in [9.17, 15) is 23.3 Å². The number of hydrogen-bond donors (Lipinski definition) is 2. The second-order valence-electron chi connectivity index (χ2n) is 5.00. The quantitative estimate of drug-likeness (QED) is 0.606. The van der Waals surface area contributed by atoms with Gasteiger partial charge >= 0.3 is 11.9 Å². The van der Waals surface area contributed by atoms with Gasteiger partial charge < -0.3 is 5.32 Å². The molecule has 134 valence electrons. The van der Waals surface area contributed by atoms with Crippen LogP contribution in [0, 0.1) is 10.1 Å². The molecular formula is C13H12ClF3N6O2. The van der Waals surface area contributed by atoms with Crippen LogP contribution in [0.3, 0.4) is 0 Å². The molecule has 25 heavy (non-hydrogen) atoms. The van der Waals surface area contributed by atoms with Gasteiger partial charge in [0.25, 0.3) is 0 Å². The maximum atomic E-state index is 12.8. The molecule has 2 N–H and O–H groups in total. The maximum absolute atomic E-state index is 12.8. The van der Waals surface area contributed by atoms with Crippen LogP contribution in [-0.2, 0) is 6.18 Å². The zero-order valence-corrected chi connectivity index (χ0v) is 13.7. The van der Waals surface area contributed by atoms with Gasteiger partial charge in [-0.25, -0.2) is 15.0 Å². The summed E-state index contributed by atoms with van der Waals surface area (Å²) >= 11 is 5.89. The number of nitrogens with one attached hydrogen (secondary N) is 2. The monoisotopic (exact) mass is 376 g/mol. The van der Waals surface area contributed by atoms with Crippen molar-refractivity contribution in [3.05, 3.63) is 45.2 Å². The number of aromatic nitrogens is 2. The Morgan fingerprint density at radius 2 is 1.88 bits per heavy atom. The van der Waals surface area contributed by atoms with Crippen molar-refractivity contribution in [1.82, 2.24) is 15.0 Å². The van der Waals surface area contributed by atoms with E-state index in [0.29, 0.717) is 0 Å². The third kappa shape index (κ3) is 4.45. The van der Waals surface area contributed by atoms with E-state index in [1.807, 2.05) is 0 Å². The third-order valence-corrected chi connectivity index (χ3v) is 3.21. The number of alkyl halides is 3. The van der Waals surface area contributed by atoms with Crippen LogP contribution >= 0.6 is 11.6 Å².